The maximum atomic E-state index is 11.3. The van der Waals surface area contributed by atoms with Crippen molar-refractivity contribution in [2.75, 3.05) is 7.11 Å². The number of alkyl halides is 1. The smallest absolute Gasteiger partial charge is 0.241 e. The van der Waals surface area contributed by atoms with Crippen molar-refractivity contribution < 1.29 is 14.6 Å². The molecule has 2 rings (SSSR count). The number of aliphatic hydroxyl groups excluding tert-OH is 1. The van der Waals surface area contributed by atoms with E-state index in [0.29, 0.717) is 6.42 Å². The number of rotatable bonds is 3. The van der Waals surface area contributed by atoms with Crippen molar-refractivity contribution in [3.05, 3.63) is 29.8 Å². The lowest BCUT2D eigenvalue weighted by Gasteiger charge is -2.14. The van der Waals surface area contributed by atoms with Gasteiger partial charge in [0.15, 0.2) is 0 Å². The summed E-state index contributed by atoms with van der Waals surface area (Å²) in [4.78, 5) is 11.3. The van der Waals surface area contributed by atoms with Gasteiger partial charge in [0.1, 0.15) is 11.1 Å². The summed E-state index contributed by atoms with van der Waals surface area (Å²) in [5.74, 6) is 0.470. The summed E-state index contributed by atoms with van der Waals surface area (Å²) in [5.41, 5.74) is 1.01. The Morgan fingerprint density at radius 1 is 1.41 bits per heavy atom. The quantitative estimate of drug-likeness (QED) is 0.782. The molecule has 0 aromatic heterocycles. The molecule has 1 saturated heterocycles. The monoisotopic (exact) mass is 255 g/mol. The number of ether oxygens (including phenoxy) is 1. The molecule has 3 unspecified atom stereocenters. The van der Waals surface area contributed by atoms with Crippen LogP contribution in [0.1, 0.15) is 5.56 Å². The zero-order chi connectivity index (χ0) is 12.4. The van der Waals surface area contributed by atoms with Crippen LogP contribution in [0.4, 0.5) is 0 Å². The SMILES string of the molecule is COc1ccc(CC2NC(=O)C(Cl)C2O)cc1. The van der Waals surface area contributed by atoms with Gasteiger partial charge >= 0.3 is 0 Å². The molecule has 1 amide bonds. The molecule has 1 aromatic rings. The highest BCUT2D eigenvalue weighted by Gasteiger charge is 2.39. The maximum absolute atomic E-state index is 11.3. The summed E-state index contributed by atoms with van der Waals surface area (Å²) in [7, 11) is 1.61. The van der Waals surface area contributed by atoms with Crippen LogP contribution in [0.15, 0.2) is 24.3 Å². The van der Waals surface area contributed by atoms with Gasteiger partial charge in [-0.1, -0.05) is 12.1 Å². The van der Waals surface area contributed by atoms with E-state index >= 15 is 0 Å². The number of nitrogens with one attached hydrogen (secondary N) is 1. The van der Waals surface area contributed by atoms with Gasteiger partial charge in [-0.3, -0.25) is 4.79 Å². The fourth-order valence-corrected chi connectivity index (χ4v) is 2.13. The molecule has 3 atom stereocenters. The zero-order valence-electron chi connectivity index (χ0n) is 9.39. The Balaban J connectivity index is 2.03. The second-order valence-corrected chi connectivity index (χ2v) is 4.53. The van der Waals surface area contributed by atoms with Crippen molar-refractivity contribution in [3.8, 4) is 5.75 Å². The summed E-state index contributed by atoms with van der Waals surface area (Å²) in [6.45, 7) is 0. The summed E-state index contributed by atoms with van der Waals surface area (Å²) < 4.78 is 5.05. The van der Waals surface area contributed by atoms with E-state index in [0.717, 1.165) is 11.3 Å². The van der Waals surface area contributed by atoms with E-state index in [2.05, 4.69) is 5.32 Å². The van der Waals surface area contributed by atoms with Gasteiger partial charge in [-0.2, -0.15) is 0 Å². The van der Waals surface area contributed by atoms with Crippen LogP contribution >= 0.6 is 11.6 Å². The minimum absolute atomic E-state index is 0.308. The summed E-state index contributed by atoms with van der Waals surface area (Å²) in [5, 5.41) is 11.6. The Kier molecular flexibility index (Phi) is 3.54. The van der Waals surface area contributed by atoms with Crippen LogP contribution in [0.3, 0.4) is 0 Å². The normalized spacial score (nSPS) is 27.9. The van der Waals surface area contributed by atoms with E-state index in [9.17, 15) is 9.90 Å². The van der Waals surface area contributed by atoms with Crippen molar-refractivity contribution in [2.24, 2.45) is 0 Å². The van der Waals surface area contributed by atoms with Crippen LogP contribution in [0.25, 0.3) is 0 Å². The minimum Gasteiger partial charge on any atom is -0.497 e. The van der Waals surface area contributed by atoms with E-state index < -0.39 is 11.5 Å². The molecule has 5 heteroatoms. The van der Waals surface area contributed by atoms with E-state index in [1.54, 1.807) is 7.11 Å². The van der Waals surface area contributed by atoms with Crippen LogP contribution in [0, 0.1) is 0 Å². The Morgan fingerprint density at radius 2 is 2.06 bits per heavy atom. The van der Waals surface area contributed by atoms with E-state index in [1.165, 1.54) is 0 Å². The summed E-state index contributed by atoms with van der Waals surface area (Å²) in [6.07, 6.45) is -0.286. The average Bonchev–Trinajstić information content (AvgIpc) is 2.58. The van der Waals surface area contributed by atoms with Gasteiger partial charge in [-0.05, 0) is 24.1 Å². The highest BCUT2D eigenvalue weighted by molar-refractivity contribution is 6.32. The second kappa shape index (κ2) is 4.94. The first-order chi connectivity index (χ1) is 8.11. The third-order valence-electron chi connectivity index (χ3n) is 2.90. The molecular formula is C12H14ClNO3. The van der Waals surface area contributed by atoms with Crippen LogP contribution in [0.5, 0.6) is 5.75 Å². The number of halogens is 1. The highest BCUT2D eigenvalue weighted by Crippen LogP contribution is 2.20. The first-order valence-electron chi connectivity index (χ1n) is 5.37. The van der Waals surface area contributed by atoms with Gasteiger partial charge in [0.2, 0.25) is 5.91 Å². The Morgan fingerprint density at radius 3 is 2.53 bits per heavy atom. The number of amides is 1. The zero-order valence-corrected chi connectivity index (χ0v) is 10.1. The minimum atomic E-state index is -0.849. The predicted molar refractivity (Wildman–Crippen MR) is 64.3 cm³/mol. The largest absolute Gasteiger partial charge is 0.497 e. The number of carbonyl (C=O) groups is 1. The molecule has 0 aliphatic carbocycles. The van der Waals surface area contributed by atoms with Gasteiger partial charge in [0, 0.05) is 0 Å². The van der Waals surface area contributed by atoms with Gasteiger partial charge < -0.3 is 15.2 Å². The molecule has 0 radical (unpaired) electrons. The first-order valence-corrected chi connectivity index (χ1v) is 5.81. The molecule has 4 nitrogen and oxygen atoms in total. The molecule has 1 aromatic carbocycles. The first kappa shape index (κ1) is 12.2. The topological polar surface area (TPSA) is 58.6 Å². The average molecular weight is 256 g/mol. The molecule has 1 aliphatic heterocycles. The lowest BCUT2D eigenvalue weighted by atomic mass is 10.0. The van der Waals surface area contributed by atoms with Crippen molar-refractivity contribution in [2.45, 2.75) is 23.9 Å². The molecule has 17 heavy (non-hydrogen) atoms. The van der Waals surface area contributed by atoms with Crippen LogP contribution in [-0.2, 0) is 11.2 Å². The van der Waals surface area contributed by atoms with E-state index in [4.69, 9.17) is 16.3 Å². The second-order valence-electron chi connectivity index (χ2n) is 4.06. The van der Waals surface area contributed by atoms with Crippen molar-refractivity contribution in [1.82, 2.24) is 5.32 Å². The van der Waals surface area contributed by atoms with E-state index in [1.807, 2.05) is 24.3 Å². The van der Waals surface area contributed by atoms with Gasteiger partial charge in [0.25, 0.3) is 0 Å². The predicted octanol–water partition coefficient (Wildman–Crippen LogP) is 0.704. The van der Waals surface area contributed by atoms with Gasteiger partial charge in [-0.15, -0.1) is 11.6 Å². The molecule has 2 N–H and O–H groups in total. The highest BCUT2D eigenvalue weighted by atomic mass is 35.5. The lowest BCUT2D eigenvalue weighted by molar-refractivity contribution is -0.119. The fraction of sp³-hybridized carbons (Fsp3) is 0.417. The standard InChI is InChI=1S/C12H14ClNO3/c1-17-8-4-2-7(3-5-8)6-9-11(15)10(13)12(16)14-9/h2-5,9-11,15H,6H2,1H3,(H,14,16). The maximum Gasteiger partial charge on any atom is 0.241 e. The van der Waals surface area contributed by atoms with E-state index in [-0.39, 0.29) is 11.9 Å². The molecule has 1 aliphatic rings. The molecule has 0 saturated carbocycles. The van der Waals surface area contributed by atoms with Crippen molar-refractivity contribution >= 4 is 17.5 Å². The van der Waals surface area contributed by atoms with Gasteiger partial charge in [-0.25, -0.2) is 0 Å². The summed E-state index contributed by atoms with van der Waals surface area (Å²) in [6, 6.07) is 7.17. The Hall–Kier alpha value is -1.26. The molecule has 1 heterocycles. The Bertz CT molecular complexity index is 407. The number of aliphatic hydroxyl groups is 1. The molecular weight excluding hydrogens is 242 g/mol. The number of carbonyl (C=O) groups excluding carboxylic acids is 1. The third-order valence-corrected chi connectivity index (χ3v) is 3.36. The fourth-order valence-electron chi connectivity index (χ4n) is 1.89. The van der Waals surface area contributed by atoms with Crippen LogP contribution in [-0.4, -0.2) is 35.6 Å². The van der Waals surface area contributed by atoms with Crippen molar-refractivity contribution in [1.29, 1.82) is 0 Å². The molecule has 0 spiro atoms. The van der Waals surface area contributed by atoms with Gasteiger partial charge in [0.05, 0.1) is 19.3 Å². The molecule has 1 fully saturated rings. The third kappa shape index (κ3) is 2.53. The molecule has 0 bridgehead atoms. The van der Waals surface area contributed by atoms with Crippen LogP contribution < -0.4 is 10.1 Å². The number of benzene rings is 1. The van der Waals surface area contributed by atoms with Crippen LogP contribution in [0.2, 0.25) is 0 Å². The number of methoxy groups -OCH3 is 1. The molecule has 92 valence electrons. The lowest BCUT2D eigenvalue weighted by Crippen LogP contribution is -2.34. The number of hydrogen-bond donors (Lipinski definition) is 2. The summed E-state index contributed by atoms with van der Waals surface area (Å²) >= 11 is 5.74. The number of hydrogen-bond acceptors (Lipinski definition) is 3. The Labute approximate surface area is 105 Å². The van der Waals surface area contributed by atoms with Crippen molar-refractivity contribution in [3.63, 3.8) is 0 Å².